The van der Waals surface area contributed by atoms with E-state index in [2.05, 4.69) is 27.2 Å². The van der Waals surface area contributed by atoms with E-state index in [-0.39, 0.29) is 16.5 Å². The predicted molar refractivity (Wildman–Crippen MR) is 131 cm³/mol. The van der Waals surface area contributed by atoms with Gasteiger partial charge in [0.05, 0.1) is 11.1 Å². The summed E-state index contributed by atoms with van der Waals surface area (Å²) in [5, 5.41) is 15.0. The summed E-state index contributed by atoms with van der Waals surface area (Å²) in [7, 11) is -2.38. The third-order valence-corrected chi connectivity index (χ3v) is 8.00. The van der Waals surface area contributed by atoms with E-state index < -0.39 is 16.1 Å². The van der Waals surface area contributed by atoms with Crippen LogP contribution in [0.5, 0.6) is 5.75 Å². The van der Waals surface area contributed by atoms with Gasteiger partial charge in [0.2, 0.25) is 10.0 Å². The Labute approximate surface area is 199 Å². The third-order valence-electron chi connectivity index (χ3n) is 6.10. The van der Waals surface area contributed by atoms with Gasteiger partial charge in [0.25, 0.3) is 0 Å². The number of aliphatic hydroxyl groups excluding tert-OH is 1. The van der Waals surface area contributed by atoms with Gasteiger partial charge >= 0.3 is 0 Å². The fourth-order valence-electron chi connectivity index (χ4n) is 4.29. The summed E-state index contributed by atoms with van der Waals surface area (Å²) < 4.78 is 32.3. The molecular weight excluding hydrogens is 462 g/mol. The molecule has 0 fully saturated rings. The second-order valence-electron chi connectivity index (χ2n) is 8.32. The van der Waals surface area contributed by atoms with Crippen LogP contribution in [0.15, 0.2) is 41.3 Å². The summed E-state index contributed by atoms with van der Waals surface area (Å²) in [5.41, 5.74) is 4.43. The number of hydrogen-bond acceptors (Lipinski definition) is 5. The lowest BCUT2D eigenvalue weighted by molar-refractivity contribution is 0.171. The van der Waals surface area contributed by atoms with E-state index in [0.29, 0.717) is 18.7 Å². The first kappa shape index (κ1) is 24.0. The SMILES string of the molecule is CNS(=O)(=O)c1cc([C@@H](O)CNCCOc2ccc3[nH]c4c(c3c2)CCCCC4)ccc1Cl. The second kappa shape index (κ2) is 10.4. The maximum atomic E-state index is 12.1. The molecule has 0 bridgehead atoms. The number of halogens is 1. The number of aliphatic hydroxyl groups is 1. The van der Waals surface area contributed by atoms with Crippen LogP contribution in [0.2, 0.25) is 5.02 Å². The summed E-state index contributed by atoms with van der Waals surface area (Å²) in [4.78, 5) is 3.51. The topological polar surface area (TPSA) is 103 Å². The number of nitrogens with one attached hydrogen (secondary N) is 3. The summed E-state index contributed by atoms with van der Waals surface area (Å²) >= 11 is 6.01. The van der Waals surface area contributed by atoms with Crippen LogP contribution in [0.25, 0.3) is 10.9 Å². The minimum atomic E-state index is -3.70. The molecule has 0 saturated heterocycles. The van der Waals surface area contributed by atoms with E-state index in [4.69, 9.17) is 16.3 Å². The molecule has 0 aliphatic heterocycles. The van der Waals surface area contributed by atoms with Crippen molar-refractivity contribution in [2.24, 2.45) is 0 Å². The highest BCUT2D eigenvalue weighted by molar-refractivity contribution is 7.89. The Morgan fingerprint density at radius 3 is 2.79 bits per heavy atom. The van der Waals surface area contributed by atoms with Crippen LogP contribution in [0, 0.1) is 0 Å². The third kappa shape index (κ3) is 5.53. The van der Waals surface area contributed by atoms with Crippen molar-refractivity contribution < 1.29 is 18.3 Å². The molecule has 4 N–H and O–H groups in total. The minimum absolute atomic E-state index is 0.0513. The van der Waals surface area contributed by atoms with Crippen LogP contribution >= 0.6 is 11.6 Å². The summed E-state index contributed by atoms with van der Waals surface area (Å²) in [5.74, 6) is 0.829. The number of H-pyrrole nitrogens is 1. The maximum absolute atomic E-state index is 12.1. The lowest BCUT2D eigenvalue weighted by atomic mass is 10.1. The number of sulfonamides is 1. The van der Waals surface area contributed by atoms with Crippen LogP contribution in [0.1, 0.15) is 42.2 Å². The molecule has 1 atom stereocenters. The zero-order valence-corrected chi connectivity index (χ0v) is 20.2. The first-order valence-corrected chi connectivity index (χ1v) is 13.1. The van der Waals surface area contributed by atoms with E-state index in [1.807, 2.05) is 6.07 Å². The summed E-state index contributed by atoms with van der Waals surface area (Å²) in [6.07, 6.45) is 5.10. The smallest absolute Gasteiger partial charge is 0.241 e. The summed E-state index contributed by atoms with van der Waals surface area (Å²) in [6.45, 7) is 1.24. The Hall–Kier alpha value is -2.10. The molecule has 9 heteroatoms. The quantitative estimate of drug-likeness (QED) is 0.270. The fourth-order valence-corrected chi connectivity index (χ4v) is 5.55. The van der Waals surface area contributed by atoms with E-state index >= 15 is 0 Å². The van der Waals surface area contributed by atoms with Crippen molar-refractivity contribution in [3.05, 3.63) is 58.2 Å². The molecule has 0 unspecified atom stereocenters. The second-order valence-corrected chi connectivity index (χ2v) is 10.6. The number of aromatic amines is 1. The van der Waals surface area contributed by atoms with Crippen molar-refractivity contribution in [2.75, 3.05) is 26.7 Å². The molecule has 1 heterocycles. The average Bonchev–Trinajstić information content (AvgIpc) is 2.98. The monoisotopic (exact) mass is 491 g/mol. The number of benzene rings is 2. The molecule has 0 amide bonds. The highest BCUT2D eigenvalue weighted by Gasteiger charge is 2.19. The highest BCUT2D eigenvalue weighted by Crippen LogP contribution is 2.31. The van der Waals surface area contributed by atoms with Crippen molar-refractivity contribution in [1.29, 1.82) is 0 Å². The number of aromatic nitrogens is 1. The molecule has 178 valence electrons. The fraction of sp³-hybridized carbons (Fsp3) is 0.417. The maximum Gasteiger partial charge on any atom is 0.241 e. The van der Waals surface area contributed by atoms with Gasteiger partial charge in [-0.15, -0.1) is 0 Å². The average molecular weight is 492 g/mol. The van der Waals surface area contributed by atoms with Crippen LogP contribution in [0.4, 0.5) is 0 Å². The van der Waals surface area contributed by atoms with Crippen LogP contribution < -0.4 is 14.8 Å². The van der Waals surface area contributed by atoms with Crippen molar-refractivity contribution in [3.8, 4) is 5.75 Å². The molecule has 1 aliphatic rings. The van der Waals surface area contributed by atoms with Gasteiger partial charge in [0, 0.05) is 29.7 Å². The largest absolute Gasteiger partial charge is 0.492 e. The van der Waals surface area contributed by atoms with Gasteiger partial charge < -0.3 is 20.1 Å². The first-order valence-electron chi connectivity index (χ1n) is 11.3. The zero-order valence-electron chi connectivity index (χ0n) is 18.7. The lowest BCUT2D eigenvalue weighted by Crippen LogP contribution is -2.26. The Morgan fingerprint density at radius 1 is 1.15 bits per heavy atom. The molecule has 1 aliphatic carbocycles. The van der Waals surface area contributed by atoms with E-state index in [0.717, 1.165) is 24.1 Å². The van der Waals surface area contributed by atoms with Gasteiger partial charge in [-0.1, -0.05) is 24.1 Å². The normalized spacial score (nSPS) is 15.2. The van der Waals surface area contributed by atoms with Crippen molar-refractivity contribution in [2.45, 2.75) is 43.1 Å². The standard InChI is InChI=1S/C24H30ClN3O4S/c1-26-33(30,31)24-13-16(7-9-20(24)25)23(29)15-27-11-12-32-17-8-10-22-19(14-17)18-5-3-2-4-6-21(18)28-22/h7-10,13-14,23,26-29H,2-6,11-12,15H2,1H3/t23-/m0/s1. The van der Waals surface area contributed by atoms with Gasteiger partial charge in [-0.05, 0) is 74.2 Å². The molecule has 2 aromatic carbocycles. The van der Waals surface area contributed by atoms with Crippen LogP contribution in [-0.2, 0) is 22.9 Å². The molecule has 33 heavy (non-hydrogen) atoms. The van der Waals surface area contributed by atoms with E-state index in [1.165, 1.54) is 55.1 Å². The molecular formula is C24H30ClN3O4S. The highest BCUT2D eigenvalue weighted by atomic mass is 35.5. The van der Waals surface area contributed by atoms with Crippen molar-refractivity contribution in [3.63, 3.8) is 0 Å². The first-order chi connectivity index (χ1) is 15.9. The van der Waals surface area contributed by atoms with Crippen molar-refractivity contribution >= 4 is 32.5 Å². The molecule has 1 aromatic heterocycles. The van der Waals surface area contributed by atoms with Gasteiger partial charge in [-0.25, -0.2) is 13.1 Å². The Morgan fingerprint density at radius 2 is 1.97 bits per heavy atom. The Bertz CT molecular complexity index is 1230. The zero-order chi connectivity index (χ0) is 23.4. The molecule has 7 nitrogen and oxygen atoms in total. The number of aryl methyl sites for hydroxylation is 2. The number of hydrogen-bond donors (Lipinski definition) is 4. The van der Waals surface area contributed by atoms with Gasteiger partial charge in [-0.3, -0.25) is 0 Å². The number of rotatable bonds is 9. The van der Waals surface area contributed by atoms with E-state index in [1.54, 1.807) is 6.07 Å². The predicted octanol–water partition coefficient (Wildman–Crippen LogP) is 3.70. The van der Waals surface area contributed by atoms with Gasteiger partial charge in [0.15, 0.2) is 0 Å². The van der Waals surface area contributed by atoms with Crippen LogP contribution in [0.3, 0.4) is 0 Å². The number of ether oxygens (including phenoxy) is 1. The summed E-state index contributed by atoms with van der Waals surface area (Å²) in [6, 6.07) is 10.7. The minimum Gasteiger partial charge on any atom is -0.492 e. The molecule has 0 saturated carbocycles. The van der Waals surface area contributed by atoms with E-state index in [9.17, 15) is 13.5 Å². The molecule has 0 radical (unpaired) electrons. The lowest BCUT2D eigenvalue weighted by Gasteiger charge is -2.15. The molecule has 4 rings (SSSR count). The Balaban J connectivity index is 1.30. The van der Waals surface area contributed by atoms with Crippen LogP contribution in [-0.4, -0.2) is 45.3 Å². The number of fused-ring (bicyclic) bond motifs is 3. The van der Waals surface area contributed by atoms with Gasteiger partial charge in [-0.2, -0.15) is 0 Å². The Kier molecular flexibility index (Phi) is 7.61. The molecule has 0 spiro atoms. The van der Waals surface area contributed by atoms with Gasteiger partial charge in [0.1, 0.15) is 17.3 Å². The van der Waals surface area contributed by atoms with Crippen molar-refractivity contribution in [1.82, 2.24) is 15.0 Å². The molecule has 3 aromatic rings.